The topological polar surface area (TPSA) is 66.8 Å². The zero-order valence-corrected chi connectivity index (χ0v) is 12.7. The van der Waals surface area contributed by atoms with Crippen molar-refractivity contribution in [3.05, 3.63) is 42.5 Å². The predicted octanol–water partition coefficient (Wildman–Crippen LogP) is 2.02. The summed E-state index contributed by atoms with van der Waals surface area (Å²) in [5, 5.41) is 14.0. The fourth-order valence-electron chi connectivity index (χ4n) is 0.895. The number of hydrogen-bond donors (Lipinski definition) is 2. The van der Waals surface area contributed by atoms with E-state index in [1.807, 2.05) is 25.1 Å². The van der Waals surface area contributed by atoms with Crippen molar-refractivity contribution in [1.82, 2.24) is 0 Å². The van der Waals surface area contributed by atoms with E-state index in [1.54, 1.807) is 18.7 Å². The Hall–Kier alpha value is -0.676. The average Bonchev–Trinajstić information content (AvgIpc) is 2.44. The Balaban J connectivity index is -0.000000409. The van der Waals surface area contributed by atoms with Crippen molar-refractivity contribution < 1.29 is 41.5 Å². The molecule has 0 unspecified atom stereocenters. The average molecular weight is 289 g/mol. The van der Waals surface area contributed by atoms with Crippen molar-refractivity contribution >= 4 is 5.97 Å². The second-order valence-electron chi connectivity index (χ2n) is 2.73. The van der Waals surface area contributed by atoms with Crippen molar-refractivity contribution in [3.8, 4) is 0 Å². The van der Waals surface area contributed by atoms with Crippen molar-refractivity contribution in [1.29, 1.82) is 0 Å². The maximum absolute atomic E-state index is 11.3. The van der Waals surface area contributed by atoms with E-state index in [0.717, 1.165) is 27.1 Å². The summed E-state index contributed by atoms with van der Waals surface area (Å²) >= 11 is 0. The zero-order chi connectivity index (χ0) is 13.5. The van der Waals surface area contributed by atoms with Crippen LogP contribution < -0.4 is 0 Å². The first-order chi connectivity index (χ1) is 8.34. The van der Waals surface area contributed by atoms with Crippen molar-refractivity contribution in [2.24, 2.45) is 0 Å². The minimum absolute atomic E-state index is 0. The number of esters is 1. The van der Waals surface area contributed by atoms with Gasteiger partial charge in [0.2, 0.25) is 0 Å². The molecule has 0 amide bonds. The van der Waals surface area contributed by atoms with Crippen LogP contribution in [0, 0.1) is 6.61 Å². The van der Waals surface area contributed by atoms with E-state index in [9.17, 15) is 4.79 Å². The fraction of sp³-hybridized carbons (Fsp3) is 0.385. The van der Waals surface area contributed by atoms with Crippen LogP contribution in [0.3, 0.4) is 0 Å². The van der Waals surface area contributed by atoms with Crippen molar-refractivity contribution in [2.45, 2.75) is 19.8 Å². The summed E-state index contributed by atoms with van der Waals surface area (Å²) in [7, 11) is 2.00. The molecule has 0 aromatic heterocycles. The predicted molar refractivity (Wildman–Crippen MR) is 67.4 cm³/mol. The maximum Gasteiger partial charge on any atom is 0.306 e. The van der Waals surface area contributed by atoms with Gasteiger partial charge in [-0.2, -0.15) is 6.61 Å². The summed E-state index contributed by atoms with van der Waals surface area (Å²) in [5.74, 6) is -0.283. The Morgan fingerprint density at radius 3 is 2.11 bits per heavy atom. The van der Waals surface area contributed by atoms with Crippen LogP contribution in [-0.2, 0) is 26.5 Å². The van der Waals surface area contributed by atoms with Crippen LogP contribution in [0.25, 0.3) is 0 Å². The molecule has 1 rings (SSSR count). The summed E-state index contributed by atoms with van der Waals surface area (Å²) < 4.78 is 4.90. The van der Waals surface area contributed by atoms with Gasteiger partial charge in [-0.05, 0) is 12.1 Å². The second kappa shape index (κ2) is 18.7. The normalized spacial score (nSPS) is 7.61. The van der Waals surface area contributed by atoms with Gasteiger partial charge in [0.1, 0.15) is 0 Å². The van der Waals surface area contributed by atoms with Crippen LogP contribution in [0.1, 0.15) is 30.1 Å². The van der Waals surface area contributed by atoms with Gasteiger partial charge in [0, 0.05) is 35.9 Å². The third-order valence-electron chi connectivity index (χ3n) is 1.61. The molecular formula is C13H21O4Ti-. The Kier molecular flexibility index (Phi) is 23.4. The molecule has 0 saturated heterocycles. The van der Waals surface area contributed by atoms with Gasteiger partial charge < -0.3 is 14.9 Å². The molecule has 5 heteroatoms. The number of aliphatic hydroxyl groups is 2. The maximum atomic E-state index is 11.3. The molecule has 0 bridgehead atoms. The molecule has 2 N–H and O–H groups in total. The molecule has 0 aliphatic rings. The van der Waals surface area contributed by atoms with E-state index in [-0.39, 0.29) is 27.7 Å². The first kappa shape index (κ1) is 22.5. The van der Waals surface area contributed by atoms with Gasteiger partial charge in [-0.25, -0.2) is 4.79 Å². The number of carbonyl (C=O) groups is 1. The van der Waals surface area contributed by atoms with E-state index in [2.05, 4.69) is 0 Å². The Bertz CT molecular complexity index is 265. The van der Waals surface area contributed by atoms with Gasteiger partial charge in [-0.1, -0.05) is 31.5 Å². The van der Waals surface area contributed by atoms with Crippen LogP contribution in [0.5, 0.6) is 0 Å². The minimum atomic E-state index is -0.283. The Morgan fingerprint density at radius 2 is 1.67 bits per heavy atom. The number of ether oxygens (including phenoxy) is 1. The van der Waals surface area contributed by atoms with Gasteiger partial charge in [0.15, 0.2) is 0 Å². The van der Waals surface area contributed by atoms with Gasteiger partial charge in [-0.15, -0.1) is 6.42 Å². The van der Waals surface area contributed by atoms with E-state index in [0.29, 0.717) is 5.56 Å². The Morgan fingerprint density at radius 1 is 1.17 bits per heavy atom. The molecule has 1 aromatic carbocycles. The summed E-state index contributed by atoms with van der Waals surface area (Å²) in [4.78, 5) is 11.3. The number of benzene rings is 1. The monoisotopic (exact) mass is 289 g/mol. The summed E-state index contributed by atoms with van der Waals surface area (Å²) in [5.41, 5.74) is 0.592. The summed E-state index contributed by atoms with van der Waals surface area (Å²) in [6.45, 7) is 3.59. The SMILES string of the molecule is CCC[CH-]OC(=O)c1ccccc1.CO.CO.[Ti]. The number of aliphatic hydroxyl groups excluding tert-OH is 2. The number of hydrogen-bond acceptors (Lipinski definition) is 4. The quantitative estimate of drug-likeness (QED) is 0.385. The van der Waals surface area contributed by atoms with Gasteiger partial charge in [0.25, 0.3) is 0 Å². The van der Waals surface area contributed by atoms with Gasteiger partial charge in [0.05, 0.1) is 5.56 Å². The first-order valence-corrected chi connectivity index (χ1v) is 5.31. The molecule has 0 heterocycles. The van der Waals surface area contributed by atoms with E-state index < -0.39 is 0 Å². The number of carbonyl (C=O) groups excluding carboxylic acids is 1. The molecule has 0 fully saturated rings. The van der Waals surface area contributed by atoms with Crippen molar-refractivity contribution in [3.63, 3.8) is 0 Å². The van der Waals surface area contributed by atoms with Crippen LogP contribution in [0.4, 0.5) is 0 Å². The molecule has 0 radical (unpaired) electrons. The minimum Gasteiger partial charge on any atom is -0.633 e. The number of unbranched alkanes of at least 4 members (excludes halogenated alkanes) is 1. The van der Waals surface area contributed by atoms with Gasteiger partial charge in [-0.3, -0.25) is 0 Å². The molecule has 4 nitrogen and oxygen atoms in total. The standard InChI is InChI=1S/C11H13O2.2CH4O.Ti/c1-2-3-9-13-11(12)10-7-5-4-6-8-10;2*1-2;/h4-9H,2-3H2,1H3;2*2H,1H3;/q-1;;;. The van der Waals surface area contributed by atoms with E-state index in [4.69, 9.17) is 14.9 Å². The smallest absolute Gasteiger partial charge is 0.306 e. The first-order valence-electron chi connectivity index (χ1n) is 5.31. The zero-order valence-electron chi connectivity index (χ0n) is 11.1. The molecule has 0 saturated carbocycles. The van der Waals surface area contributed by atoms with Crippen LogP contribution in [0.2, 0.25) is 0 Å². The molecule has 0 aliphatic carbocycles. The number of rotatable bonds is 4. The second-order valence-corrected chi connectivity index (χ2v) is 2.73. The molecule has 0 atom stereocenters. The third kappa shape index (κ3) is 11.8. The Labute approximate surface area is 124 Å². The summed E-state index contributed by atoms with van der Waals surface area (Å²) in [6, 6.07) is 8.98. The fourth-order valence-corrected chi connectivity index (χ4v) is 0.895. The summed E-state index contributed by atoms with van der Waals surface area (Å²) in [6.07, 6.45) is 1.79. The largest absolute Gasteiger partial charge is 0.633 e. The molecule has 1 aromatic rings. The van der Waals surface area contributed by atoms with E-state index in [1.165, 1.54) is 0 Å². The molecule has 102 valence electrons. The van der Waals surface area contributed by atoms with E-state index >= 15 is 0 Å². The van der Waals surface area contributed by atoms with Crippen LogP contribution in [-0.4, -0.2) is 30.4 Å². The van der Waals surface area contributed by atoms with Crippen LogP contribution in [0.15, 0.2) is 30.3 Å². The van der Waals surface area contributed by atoms with Crippen molar-refractivity contribution in [2.75, 3.05) is 14.2 Å². The van der Waals surface area contributed by atoms with Gasteiger partial charge >= 0.3 is 5.97 Å². The molecule has 0 aliphatic heterocycles. The van der Waals surface area contributed by atoms with Crippen LogP contribution >= 0.6 is 0 Å². The molecule has 0 spiro atoms. The third-order valence-corrected chi connectivity index (χ3v) is 1.61. The molecule has 18 heavy (non-hydrogen) atoms. The molecular weight excluding hydrogens is 268 g/mol.